The Labute approximate surface area is 163 Å². The van der Waals surface area contributed by atoms with Crippen LogP contribution in [0.5, 0.6) is 0 Å². The molecule has 0 atom stereocenters. The van der Waals surface area contributed by atoms with E-state index in [2.05, 4.69) is 5.32 Å². The van der Waals surface area contributed by atoms with Gasteiger partial charge >= 0.3 is 0 Å². The number of non-ortho nitro benzene ring substituents is 1. The molecule has 0 spiro atoms. The molecule has 9 nitrogen and oxygen atoms in total. The zero-order valence-corrected chi connectivity index (χ0v) is 16.4. The van der Waals surface area contributed by atoms with Gasteiger partial charge in [0.2, 0.25) is 11.8 Å². The summed E-state index contributed by atoms with van der Waals surface area (Å²) in [6.45, 7) is 0.164. The Morgan fingerprint density at radius 3 is 2.43 bits per heavy atom. The van der Waals surface area contributed by atoms with E-state index in [0.717, 1.165) is 0 Å². The third-order valence-electron chi connectivity index (χ3n) is 4.63. The van der Waals surface area contributed by atoms with Crippen molar-refractivity contribution >= 4 is 33.4 Å². The summed E-state index contributed by atoms with van der Waals surface area (Å²) >= 11 is 0. The Balaban J connectivity index is 1.73. The third kappa shape index (κ3) is 6.45. The number of nitro groups is 1. The zero-order valence-electron chi connectivity index (χ0n) is 15.5. The molecule has 1 aromatic carbocycles. The van der Waals surface area contributed by atoms with Crippen molar-refractivity contribution in [2.24, 2.45) is 0 Å². The molecule has 1 heterocycles. The molecule has 2 rings (SSSR count). The lowest BCUT2D eigenvalue weighted by Gasteiger charge is -2.31. The number of sulfone groups is 1. The first kappa shape index (κ1) is 21.5. The van der Waals surface area contributed by atoms with Crippen LogP contribution < -0.4 is 5.32 Å². The molecule has 1 aliphatic heterocycles. The molecule has 0 bridgehead atoms. The summed E-state index contributed by atoms with van der Waals surface area (Å²) in [5.74, 6) is -0.333. The molecule has 28 heavy (non-hydrogen) atoms. The molecule has 1 fully saturated rings. The van der Waals surface area contributed by atoms with Crippen molar-refractivity contribution in [2.75, 3.05) is 25.1 Å². The Morgan fingerprint density at radius 1 is 1.25 bits per heavy atom. The van der Waals surface area contributed by atoms with Crippen LogP contribution in [0.2, 0.25) is 0 Å². The molecular weight excluding hydrogens is 386 g/mol. The van der Waals surface area contributed by atoms with E-state index < -0.39 is 14.8 Å². The Morgan fingerprint density at radius 2 is 1.86 bits per heavy atom. The first-order chi connectivity index (χ1) is 13.2. The number of nitro benzene ring substituents is 1. The minimum absolute atomic E-state index is 0.0280. The maximum absolute atomic E-state index is 12.2. The van der Waals surface area contributed by atoms with Crippen LogP contribution in [0.15, 0.2) is 30.3 Å². The first-order valence-electron chi connectivity index (χ1n) is 8.84. The molecule has 0 saturated carbocycles. The Hall–Kier alpha value is -2.75. The lowest BCUT2D eigenvalue weighted by Crippen LogP contribution is -2.43. The maximum Gasteiger partial charge on any atom is 0.269 e. The zero-order chi connectivity index (χ0) is 20.7. The highest BCUT2D eigenvalue weighted by atomic mass is 32.2. The van der Waals surface area contributed by atoms with Gasteiger partial charge in [-0.25, -0.2) is 8.42 Å². The van der Waals surface area contributed by atoms with Crippen molar-refractivity contribution in [2.45, 2.75) is 25.3 Å². The molecule has 0 radical (unpaired) electrons. The monoisotopic (exact) mass is 409 g/mol. The number of hydrogen-bond acceptors (Lipinski definition) is 6. The second kappa shape index (κ2) is 9.45. The van der Waals surface area contributed by atoms with Gasteiger partial charge in [0.05, 0.1) is 16.4 Å². The van der Waals surface area contributed by atoms with Gasteiger partial charge in [0.25, 0.3) is 5.69 Å². The number of benzene rings is 1. The van der Waals surface area contributed by atoms with E-state index in [4.69, 9.17) is 0 Å². The highest BCUT2D eigenvalue weighted by Crippen LogP contribution is 2.17. The number of amides is 2. The van der Waals surface area contributed by atoms with Crippen LogP contribution in [-0.2, 0) is 19.4 Å². The molecule has 1 aliphatic rings. The van der Waals surface area contributed by atoms with E-state index in [9.17, 15) is 28.1 Å². The minimum Gasteiger partial charge on any atom is -0.352 e. The van der Waals surface area contributed by atoms with E-state index in [1.54, 1.807) is 11.9 Å². The molecule has 0 unspecified atom stereocenters. The van der Waals surface area contributed by atoms with E-state index in [1.807, 2.05) is 0 Å². The Kier molecular flexibility index (Phi) is 7.27. The molecule has 1 N–H and O–H groups in total. The lowest BCUT2D eigenvalue weighted by atomic mass is 10.1. The van der Waals surface area contributed by atoms with Gasteiger partial charge < -0.3 is 10.2 Å². The average Bonchev–Trinajstić information content (AvgIpc) is 2.66. The normalized spacial score (nSPS) is 16.6. The quantitative estimate of drug-likeness (QED) is 0.409. The van der Waals surface area contributed by atoms with Gasteiger partial charge in [-0.05, 0) is 36.6 Å². The van der Waals surface area contributed by atoms with Crippen molar-refractivity contribution in [1.82, 2.24) is 10.2 Å². The highest BCUT2D eigenvalue weighted by Gasteiger charge is 2.28. The van der Waals surface area contributed by atoms with Crippen molar-refractivity contribution in [3.05, 3.63) is 46.0 Å². The van der Waals surface area contributed by atoms with Gasteiger partial charge in [0.1, 0.15) is 9.84 Å². The summed E-state index contributed by atoms with van der Waals surface area (Å²) in [7, 11) is -1.32. The van der Waals surface area contributed by atoms with Gasteiger partial charge in [-0.15, -0.1) is 0 Å². The summed E-state index contributed by atoms with van der Waals surface area (Å²) < 4.78 is 22.9. The molecule has 2 amide bonds. The largest absolute Gasteiger partial charge is 0.352 e. The summed E-state index contributed by atoms with van der Waals surface area (Å²) in [6.07, 6.45) is 3.82. The van der Waals surface area contributed by atoms with Gasteiger partial charge in [-0.1, -0.05) is 0 Å². The number of hydrogen-bond donors (Lipinski definition) is 1. The number of carbonyl (C=O) groups is 2. The predicted octanol–water partition coefficient (Wildman–Crippen LogP) is 1.15. The second-order valence-electron chi connectivity index (χ2n) is 6.61. The fraction of sp³-hybridized carbons (Fsp3) is 0.444. The van der Waals surface area contributed by atoms with Crippen LogP contribution in [0.25, 0.3) is 6.08 Å². The van der Waals surface area contributed by atoms with Crippen LogP contribution in [0.3, 0.4) is 0 Å². The minimum atomic E-state index is -2.97. The molecular formula is C18H23N3O6S. The fourth-order valence-corrected chi connectivity index (χ4v) is 4.34. The molecule has 1 saturated heterocycles. The van der Waals surface area contributed by atoms with E-state index >= 15 is 0 Å². The average molecular weight is 409 g/mol. The second-order valence-corrected chi connectivity index (χ2v) is 8.91. The van der Waals surface area contributed by atoms with Crippen LogP contribution in [0.4, 0.5) is 5.69 Å². The topological polar surface area (TPSA) is 127 Å². The number of rotatable bonds is 7. The van der Waals surface area contributed by atoms with Crippen molar-refractivity contribution in [1.29, 1.82) is 0 Å². The van der Waals surface area contributed by atoms with Crippen LogP contribution in [0.1, 0.15) is 24.8 Å². The van der Waals surface area contributed by atoms with Gasteiger partial charge in [0, 0.05) is 44.3 Å². The van der Waals surface area contributed by atoms with Gasteiger partial charge in [-0.3, -0.25) is 19.7 Å². The molecule has 0 aromatic heterocycles. The standard InChI is InChI=1S/C18H23N3O6S/c1-20(15-9-12-28(26,27)13-10-15)18(23)8-11-19-17(22)7-4-14-2-5-16(6-3-14)21(24)25/h2-7,15H,8-13H2,1H3,(H,19,22)/b7-4+. The van der Waals surface area contributed by atoms with Gasteiger partial charge in [0.15, 0.2) is 0 Å². The van der Waals surface area contributed by atoms with Crippen molar-refractivity contribution in [3.63, 3.8) is 0 Å². The first-order valence-corrected chi connectivity index (χ1v) is 10.7. The SMILES string of the molecule is CN(C(=O)CCNC(=O)/C=C/c1ccc([N+](=O)[O-])cc1)C1CCS(=O)(=O)CC1. The van der Waals surface area contributed by atoms with Crippen LogP contribution in [0, 0.1) is 10.1 Å². The highest BCUT2D eigenvalue weighted by molar-refractivity contribution is 7.91. The smallest absolute Gasteiger partial charge is 0.269 e. The van der Waals surface area contributed by atoms with Crippen LogP contribution in [-0.4, -0.2) is 61.2 Å². The van der Waals surface area contributed by atoms with Gasteiger partial charge in [-0.2, -0.15) is 0 Å². The van der Waals surface area contributed by atoms with E-state index in [1.165, 1.54) is 36.4 Å². The van der Waals surface area contributed by atoms with Crippen LogP contribution >= 0.6 is 0 Å². The fourth-order valence-electron chi connectivity index (χ4n) is 2.88. The van der Waals surface area contributed by atoms with Crippen molar-refractivity contribution in [3.8, 4) is 0 Å². The lowest BCUT2D eigenvalue weighted by molar-refractivity contribution is -0.384. The Bertz CT molecular complexity index is 850. The molecule has 152 valence electrons. The predicted molar refractivity (Wildman–Crippen MR) is 104 cm³/mol. The molecule has 0 aliphatic carbocycles. The summed E-state index contributed by atoms with van der Waals surface area (Å²) in [6, 6.07) is 5.68. The van der Waals surface area contributed by atoms with E-state index in [-0.39, 0.29) is 48.0 Å². The number of nitrogens with one attached hydrogen (secondary N) is 1. The summed E-state index contributed by atoms with van der Waals surface area (Å²) in [4.78, 5) is 35.7. The summed E-state index contributed by atoms with van der Waals surface area (Å²) in [5.41, 5.74) is 0.614. The number of nitrogens with zero attached hydrogens (tertiary/aromatic N) is 2. The maximum atomic E-state index is 12.2. The summed E-state index contributed by atoms with van der Waals surface area (Å²) in [5, 5.41) is 13.2. The van der Waals surface area contributed by atoms with E-state index in [0.29, 0.717) is 18.4 Å². The number of carbonyl (C=O) groups excluding carboxylic acids is 2. The van der Waals surface area contributed by atoms with Crippen molar-refractivity contribution < 1.29 is 22.9 Å². The molecule has 1 aromatic rings. The third-order valence-corrected chi connectivity index (χ3v) is 6.35. The molecule has 10 heteroatoms.